The number of halogens is 1. The second-order valence-electron chi connectivity index (χ2n) is 12.8. The molecule has 4 saturated carbocycles. The lowest BCUT2D eigenvalue weighted by Crippen LogP contribution is -2.55. The van der Waals surface area contributed by atoms with Gasteiger partial charge in [-0.15, -0.1) is 0 Å². The summed E-state index contributed by atoms with van der Waals surface area (Å²) in [5.41, 5.74) is 2.40. The highest BCUT2D eigenvalue weighted by Gasteiger charge is 2.48. The zero-order chi connectivity index (χ0) is 28.7. The van der Waals surface area contributed by atoms with E-state index in [1.54, 1.807) is 12.1 Å². The Bertz CT molecular complexity index is 1150. The van der Waals surface area contributed by atoms with Crippen LogP contribution in [0.15, 0.2) is 42.5 Å². The third-order valence-electron chi connectivity index (χ3n) is 9.87. The Morgan fingerprint density at radius 2 is 1.59 bits per heavy atom. The Labute approximate surface area is 246 Å². The predicted molar refractivity (Wildman–Crippen MR) is 154 cm³/mol. The summed E-state index contributed by atoms with van der Waals surface area (Å²) in [4.78, 5) is 0. The van der Waals surface area contributed by atoms with Crippen LogP contribution < -0.4 is 10.1 Å². The van der Waals surface area contributed by atoms with Crippen molar-refractivity contribution < 1.29 is 35.0 Å². The van der Waals surface area contributed by atoms with Crippen LogP contribution in [0.5, 0.6) is 5.75 Å². The summed E-state index contributed by atoms with van der Waals surface area (Å²) >= 11 is 6.48. The maximum Gasteiger partial charge on any atom is 0.119 e. The first-order chi connectivity index (χ1) is 19.8. The van der Waals surface area contributed by atoms with Crippen molar-refractivity contribution in [3.05, 3.63) is 64.2 Å². The molecule has 4 aliphatic carbocycles. The van der Waals surface area contributed by atoms with Crippen LogP contribution in [0.4, 0.5) is 0 Å². The molecule has 224 valence electrons. The minimum absolute atomic E-state index is 0.229. The summed E-state index contributed by atoms with van der Waals surface area (Å²) in [6, 6.07) is 13.4. The summed E-state index contributed by atoms with van der Waals surface area (Å²) in [6.07, 6.45) is 0.714. The SMILES string of the molecule is OC[C@H]1O[C@@H](c2ccc(Cl)c(Cc3ccc(OC[C@H](O)CNC4C5CC6CC(C5)CC4C6)cc3)c2)[C@H](O)[C@@H](O)[C@@H]1O. The van der Waals surface area contributed by atoms with E-state index in [9.17, 15) is 25.5 Å². The van der Waals surface area contributed by atoms with E-state index in [1.807, 2.05) is 30.3 Å². The highest BCUT2D eigenvalue weighted by Crippen LogP contribution is 2.53. The van der Waals surface area contributed by atoms with Crippen LogP contribution in [-0.4, -0.2) is 81.9 Å². The lowest BCUT2D eigenvalue weighted by atomic mass is 9.54. The number of hydrogen-bond acceptors (Lipinski definition) is 8. The molecule has 0 amide bonds. The molecule has 0 radical (unpaired) electrons. The number of aliphatic hydroxyl groups excluding tert-OH is 5. The van der Waals surface area contributed by atoms with Gasteiger partial charge in [0.25, 0.3) is 0 Å². The highest BCUT2D eigenvalue weighted by molar-refractivity contribution is 6.31. The highest BCUT2D eigenvalue weighted by atomic mass is 35.5. The Balaban J connectivity index is 1.01. The topological polar surface area (TPSA) is 132 Å². The van der Waals surface area contributed by atoms with Gasteiger partial charge in [-0.2, -0.15) is 0 Å². The average Bonchev–Trinajstić information content (AvgIpc) is 2.96. The lowest BCUT2D eigenvalue weighted by molar-refractivity contribution is -0.231. The molecule has 8 nitrogen and oxygen atoms in total. The molecule has 4 bridgehead atoms. The third kappa shape index (κ3) is 6.31. The molecule has 0 unspecified atom stereocenters. The van der Waals surface area contributed by atoms with Crippen molar-refractivity contribution in [2.45, 2.75) is 81.2 Å². The van der Waals surface area contributed by atoms with Crippen molar-refractivity contribution in [2.75, 3.05) is 19.8 Å². The first-order valence-corrected chi connectivity index (χ1v) is 15.4. The number of benzene rings is 2. The van der Waals surface area contributed by atoms with Gasteiger partial charge in [0.1, 0.15) is 49.0 Å². The lowest BCUT2D eigenvalue weighted by Gasteiger charge is -2.54. The molecule has 0 aromatic heterocycles. The summed E-state index contributed by atoms with van der Waals surface area (Å²) in [5.74, 6) is 4.11. The van der Waals surface area contributed by atoms with Crippen molar-refractivity contribution in [1.82, 2.24) is 5.32 Å². The van der Waals surface area contributed by atoms with Gasteiger partial charge in [-0.1, -0.05) is 35.9 Å². The van der Waals surface area contributed by atoms with E-state index >= 15 is 0 Å². The van der Waals surface area contributed by atoms with E-state index in [0.29, 0.717) is 35.3 Å². The Hall–Kier alpha value is -1.75. The van der Waals surface area contributed by atoms with E-state index in [-0.39, 0.29) is 6.61 Å². The molecule has 41 heavy (non-hydrogen) atoms. The fraction of sp³-hybridized carbons (Fsp3) is 0.625. The zero-order valence-corrected chi connectivity index (χ0v) is 23.9. The molecular weight excluding hydrogens is 546 g/mol. The second kappa shape index (κ2) is 12.5. The normalized spacial score (nSPS) is 36.8. The van der Waals surface area contributed by atoms with Crippen molar-refractivity contribution in [2.24, 2.45) is 23.7 Å². The minimum Gasteiger partial charge on any atom is -0.491 e. The Morgan fingerprint density at radius 3 is 2.24 bits per heavy atom. The average molecular weight is 588 g/mol. The second-order valence-corrected chi connectivity index (χ2v) is 13.2. The number of ether oxygens (including phenoxy) is 2. The summed E-state index contributed by atoms with van der Waals surface area (Å²) in [7, 11) is 0. The molecule has 2 aromatic rings. The standard InChI is InChI=1S/C32H42ClNO7/c33-26-6-3-20(32-31(39)30(38)29(37)27(15-35)41-32)13-21(26)8-17-1-4-25(5-2-17)40-16-24(36)14-34-28-22-9-18-7-19(11-22)12-23(28)10-18/h1-6,13,18-19,22-24,27-32,34-39H,7-12,14-16H2/t18?,19?,22?,23?,24-,27-,28?,29-,30+,31-,32+/m1/s1. The predicted octanol–water partition coefficient (Wildman–Crippen LogP) is 2.60. The Kier molecular flexibility index (Phi) is 8.92. The van der Waals surface area contributed by atoms with Gasteiger partial charge in [-0.3, -0.25) is 0 Å². The van der Waals surface area contributed by atoms with Gasteiger partial charge in [0, 0.05) is 17.6 Å². The summed E-state index contributed by atoms with van der Waals surface area (Å²) in [6.45, 7) is 0.299. The first-order valence-electron chi connectivity index (χ1n) is 15.0. The van der Waals surface area contributed by atoms with Crippen molar-refractivity contribution >= 4 is 11.6 Å². The van der Waals surface area contributed by atoms with Gasteiger partial charge in [0.05, 0.1) is 6.61 Å². The van der Waals surface area contributed by atoms with E-state index in [2.05, 4.69) is 5.32 Å². The van der Waals surface area contributed by atoms with E-state index in [1.165, 1.54) is 32.1 Å². The van der Waals surface area contributed by atoms with Gasteiger partial charge in [-0.25, -0.2) is 0 Å². The molecule has 6 atom stereocenters. The largest absolute Gasteiger partial charge is 0.491 e. The van der Waals surface area contributed by atoms with Gasteiger partial charge < -0.3 is 40.3 Å². The molecule has 1 saturated heterocycles. The monoisotopic (exact) mass is 587 g/mol. The number of rotatable bonds is 10. The molecule has 6 N–H and O–H groups in total. The van der Waals surface area contributed by atoms with Crippen LogP contribution in [0.1, 0.15) is 54.9 Å². The maximum atomic E-state index is 10.6. The van der Waals surface area contributed by atoms with Crippen LogP contribution in [0.25, 0.3) is 0 Å². The molecule has 1 heterocycles. The fourth-order valence-corrected chi connectivity index (χ4v) is 8.17. The first kappa shape index (κ1) is 29.3. The molecule has 1 aliphatic heterocycles. The van der Waals surface area contributed by atoms with E-state index in [4.69, 9.17) is 21.1 Å². The van der Waals surface area contributed by atoms with E-state index in [0.717, 1.165) is 34.8 Å². The van der Waals surface area contributed by atoms with Gasteiger partial charge in [-0.05, 0) is 97.1 Å². The molecule has 9 heteroatoms. The molecule has 5 fully saturated rings. The van der Waals surface area contributed by atoms with Gasteiger partial charge in [0.15, 0.2) is 0 Å². The number of aliphatic hydroxyl groups is 5. The van der Waals surface area contributed by atoms with Crippen LogP contribution in [0.3, 0.4) is 0 Å². The minimum atomic E-state index is -1.44. The van der Waals surface area contributed by atoms with Crippen LogP contribution in [0.2, 0.25) is 5.02 Å². The summed E-state index contributed by atoms with van der Waals surface area (Å²) < 4.78 is 11.6. The quantitative estimate of drug-likeness (QED) is 0.250. The Morgan fingerprint density at radius 1 is 0.902 bits per heavy atom. The number of hydrogen-bond donors (Lipinski definition) is 6. The summed E-state index contributed by atoms with van der Waals surface area (Å²) in [5, 5.41) is 55.1. The maximum absolute atomic E-state index is 10.6. The third-order valence-corrected chi connectivity index (χ3v) is 10.2. The molecular formula is C32H42ClNO7. The molecule has 5 aliphatic rings. The van der Waals surface area contributed by atoms with Crippen LogP contribution >= 0.6 is 11.6 Å². The van der Waals surface area contributed by atoms with Crippen LogP contribution in [0, 0.1) is 23.7 Å². The molecule has 2 aromatic carbocycles. The van der Waals surface area contributed by atoms with Crippen molar-refractivity contribution in [1.29, 1.82) is 0 Å². The zero-order valence-electron chi connectivity index (χ0n) is 23.2. The fourth-order valence-electron chi connectivity index (χ4n) is 7.99. The molecule has 7 rings (SSSR count). The van der Waals surface area contributed by atoms with Crippen molar-refractivity contribution in [3.8, 4) is 5.75 Å². The van der Waals surface area contributed by atoms with Crippen molar-refractivity contribution in [3.63, 3.8) is 0 Å². The van der Waals surface area contributed by atoms with E-state index < -0.39 is 43.2 Å². The smallest absolute Gasteiger partial charge is 0.119 e. The van der Waals surface area contributed by atoms with Gasteiger partial charge in [0.2, 0.25) is 0 Å². The van der Waals surface area contributed by atoms with Gasteiger partial charge >= 0.3 is 0 Å². The molecule has 0 spiro atoms. The van der Waals surface area contributed by atoms with Crippen LogP contribution in [-0.2, 0) is 11.2 Å². The number of nitrogens with one attached hydrogen (secondary N) is 1.